The minimum atomic E-state index is -4.04. The van der Waals surface area contributed by atoms with Crippen LogP contribution in [0.25, 0.3) is 0 Å². The maximum absolute atomic E-state index is 10.6. The number of rotatable bonds is 4. The van der Waals surface area contributed by atoms with Gasteiger partial charge in [0.1, 0.15) is 0 Å². The van der Waals surface area contributed by atoms with Gasteiger partial charge in [0.25, 0.3) is 5.69 Å². The van der Waals surface area contributed by atoms with E-state index in [0.29, 0.717) is 11.1 Å². The van der Waals surface area contributed by atoms with Crippen molar-refractivity contribution in [3.63, 3.8) is 0 Å². The lowest BCUT2D eigenvalue weighted by atomic mass is 10.1. The maximum atomic E-state index is 10.6. The molecular formula is C8H10N2O5S. The normalized spacial score (nSPS) is 11.4. The van der Waals surface area contributed by atoms with Crippen LogP contribution in [-0.2, 0) is 21.1 Å². The highest BCUT2D eigenvalue weighted by atomic mass is 32.2. The van der Waals surface area contributed by atoms with Crippen LogP contribution in [0.1, 0.15) is 11.1 Å². The zero-order valence-corrected chi connectivity index (χ0v) is 9.23. The molecule has 0 spiro atoms. The second kappa shape index (κ2) is 4.56. The number of nitro benzene ring substituents is 1. The molecule has 0 saturated heterocycles. The molecule has 2 N–H and O–H groups in total. The average Bonchev–Trinajstić information content (AvgIpc) is 2.14. The van der Waals surface area contributed by atoms with Crippen LogP contribution in [0.5, 0.6) is 0 Å². The fourth-order valence-corrected chi connectivity index (χ4v) is 1.36. The zero-order valence-electron chi connectivity index (χ0n) is 8.41. The number of nitrogens with zero attached hydrogens (tertiary/aromatic N) is 1. The largest absolute Gasteiger partial charge is 0.333 e. The van der Waals surface area contributed by atoms with E-state index >= 15 is 0 Å². The Hall–Kier alpha value is -1.51. The Labute approximate surface area is 92.2 Å². The Balaban J connectivity index is 2.95. The van der Waals surface area contributed by atoms with Crippen LogP contribution >= 0.6 is 0 Å². The van der Waals surface area contributed by atoms with E-state index in [4.69, 9.17) is 0 Å². The quantitative estimate of drug-likeness (QED) is 0.618. The fraction of sp³-hybridized carbons (Fsp3) is 0.250. The maximum Gasteiger partial charge on any atom is 0.333 e. The van der Waals surface area contributed by atoms with E-state index in [9.17, 15) is 18.5 Å². The van der Waals surface area contributed by atoms with Gasteiger partial charge >= 0.3 is 10.3 Å². The molecule has 88 valence electrons. The molecule has 0 fully saturated rings. The molecule has 0 amide bonds. The van der Waals surface area contributed by atoms with Crippen molar-refractivity contribution in [1.29, 1.82) is 0 Å². The molecule has 0 bridgehead atoms. The van der Waals surface area contributed by atoms with Gasteiger partial charge in [-0.3, -0.25) is 14.3 Å². The zero-order chi connectivity index (χ0) is 12.3. The standard InChI is InChI=1S/C8H10N2O5S/c1-6-2-3-8(10(11)12)4-7(6)5-15-16(9,13)14/h2-4H,5H2,1H3,(H2,9,13,14). The molecule has 8 heteroatoms. The number of nitro groups is 1. The van der Waals surface area contributed by atoms with Crippen molar-refractivity contribution in [2.24, 2.45) is 5.14 Å². The van der Waals surface area contributed by atoms with Crippen LogP contribution in [0.3, 0.4) is 0 Å². The molecule has 0 aliphatic carbocycles. The van der Waals surface area contributed by atoms with Gasteiger partial charge in [-0.25, -0.2) is 5.14 Å². The Morgan fingerprint density at radius 3 is 2.62 bits per heavy atom. The van der Waals surface area contributed by atoms with Gasteiger partial charge in [0.05, 0.1) is 11.5 Å². The highest BCUT2D eigenvalue weighted by Gasteiger charge is 2.10. The molecule has 1 aromatic carbocycles. The number of non-ortho nitro benzene ring substituents is 1. The van der Waals surface area contributed by atoms with Crippen LogP contribution in [0.15, 0.2) is 18.2 Å². The number of benzene rings is 1. The highest BCUT2D eigenvalue weighted by Crippen LogP contribution is 2.18. The first-order valence-corrected chi connectivity index (χ1v) is 5.68. The summed E-state index contributed by atoms with van der Waals surface area (Å²) < 4.78 is 25.5. The molecule has 0 radical (unpaired) electrons. The first-order valence-electron chi connectivity index (χ1n) is 4.20. The first-order chi connectivity index (χ1) is 7.29. The summed E-state index contributed by atoms with van der Waals surface area (Å²) in [5.74, 6) is 0. The van der Waals surface area contributed by atoms with Gasteiger partial charge < -0.3 is 0 Å². The van der Waals surface area contributed by atoms with Gasteiger partial charge in [-0.15, -0.1) is 0 Å². The van der Waals surface area contributed by atoms with Crippen molar-refractivity contribution < 1.29 is 17.5 Å². The molecule has 0 atom stereocenters. The molecule has 0 aliphatic rings. The van der Waals surface area contributed by atoms with Crippen molar-refractivity contribution in [3.8, 4) is 0 Å². The second-order valence-corrected chi connectivity index (χ2v) is 4.34. The van der Waals surface area contributed by atoms with Crippen molar-refractivity contribution in [1.82, 2.24) is 0 Å². The van der Waals surface area contributed by atoms with E-state index in [1.807, 2.05) is 0 Å². The van der Waals surface area contributed by atoms with E-state index in [2.05, 4.69) is 9.32 Å². The Morgan fingerprint density at radius 2 is 2.12 bits per heavy atom. The van der Waals surface area contributed by atoms with E-state index in [1.54, 1.807) is 6.92 Å². The fourth-order valence-electron chi connectivity index (χ4n) is 1.07. The van der Waals surface area contributed by atoms with Crippen molar-refractivity contribution in [3.05, 3.63) is 39.4 Å². The summed E-state index contributed by atoms with van der Waals surface area (Å²) in [6.45, 7) is 1.37. The molecule has 0 aliphatic heterocycles. The molecule has 0 unspecified atom stereocenters. The molecule has 7 nitrogen and oxygen atoms in total. The van der Waals surface area contributed by atoms with E-state index in [-0.39, 0.29) is 12.3 Å². The highest BCUT2D eigenvalue weighted by molar-refractivity contribution is 7.84. The van der Waals surface area contributed by atoms with Crippen LogP contribution in [0.4, 0.5) is 5.69 Å². The number of hydrogen-bond donors (Lipinski definition) is 1. The monoisotopic (exact) mass is 246 g/mol. The molecule has 0 heterocycles. The van der Waals surface area contributed by atoms with Gasteiger partial charge in [0.2, 0.25) is 0 Å². The summed E-state index contributed by atoms with van der Waals surface area (Å²) >= 11 is 0. The third-order valence-corrected chi connectivity index (χ3v) is 2.37. The summed E-state index contributed by atoms with van der Waals surface area (Å²) in [7, 11) is -4.04. The lowest BCUT2D eigenvalue weighted by Gasteiger charge is -2.04. The summed E-state index contributed by atoms with van der Waals surface area (Å²) in [5, 5.41) is 15.1. The van der Waals surface area contributed by atoms with Crippen LogP contribution in [0.2, 0.25) is 0 Å². The van der Waals surface area contributed by atoms with Crippen molar-refractivity contribution in [2.75, 3.05) is 0 Å². The minimum Gasteiger partial charge on any atom is -0.258 e. The minimum absolute atomic E-state index is 0.126. The SMILES string of the molecule is Cc1ccc([N+](=O)[O-])cc1COS(N)(=O)=O. The summed E-state index contributed by atoms with van der Waals surface area (Å²) in [5.41, 5.74) is 0.969. The van der Waals surface area contributed by atoms with Gasteiger partial charge in [-0.05, 0) is 18.1 Å². The van der Waals surface area contributed by atoms with Crippen molar-refractivity contribution in [2.45, 2.75) is 13.5 Å². The van der Waals surface area contributed by atoms with Gasteiger partial charge in [-0.2, -0.15) is 8.42 Å². The number of nitrogens with two attached hydrogens (primary N) is 1. The first kappa shape index (κ1) is 12.6. The molecule has 1 rings (SSSR count). The Kier molecular flexibility index (Phi) is 3.58. The Bertz CT molecular complexity index is 511. The van der Waals surface area contributed by atoms with E-state index in [1.165, 1.54) is 18.2 Å². The predicted octanol–water partition coefficient (Wildman–Crippen LogP) is 0.623. The summed E-state index contributed by atoms with van der Waals surface area (Å²) in [4.78, 5) is 9.92. The van der Waals surface area contributed by atoms with Crippen LogP contribution in [0, 0.1) is 17.0 Å². The third-order valence-electron chi connectivity index (χ3n) is 1.92. The second-order valence-electron chi connectivity index (χ2n) is 3.12. The van der Waals surface area contributed by atoms with Crippen molar-refractivity contribution >= 4 is 16.0 Å². The van der Waals surface area contributed by atoms with Gasteiger partial charge in [0.15, 0.2) is 0 Å². The molecular weight excluding hydrogens is 236 g/mol. The van der Waals surface area contributed by atoms with Crippen LogP contribution < -0.4 is 5.14 Å². The number of aryl methyl sites for hydroxylation is 1. The topological polar surface area (TPSA) is 113 Å². The molecule has 0 aromatic heterocycles. The average molecular weight is 246 g/mol. The van der Waals surface area contributed by atoms with Gasteiger partial charge in [0, 0.05) is 12.1 Å². The summed E-state index contributed by atoms with van der Waals surface area (Å²) in [6.07, 6.45) is 0. The number of hydrogen-bond acceptors (Lipinski definition) is 5. The van der Waals surface area contributed by atoms with E-state index in [0.717, 1.165) is 0 Å². The molecule has 0 saturated carbocycles. The Morgan fingerprint density at radius 1 is 1.50 bits per heavy atom. The van der Waals surface area contributed by atoms with Gasteiger partial charge in [-0.1, -0.05) is 6.07 Å². The molecule has 1 aromatic rings. The lowest BCUT2D eigenvalue weighted by Crippen LogP contribution is -2.15. The van der Waals surface area contributed by atoms with E-state index < -0.39 is 15.2 Å². The van der Waals surface area contributed by atoms with Crippen LogP contribution in [-0.4, -0.2) is 13.3 Å². The summed E-state index contributed by atoms with van der Waals surface area (Å²) in [6, 6.07) is 4.09. The molecule has 16 heavy (non-hydrogen) atoms. The lowest BCUT2D eigenvalue weighted by molar-refractivity contribution is -0.385. The third kappa shape index (κ3) is 3.57. The predicted molar refractivity (Wildman–Crippen MR) is 55.7 cm³/mol. The smallest absolute Gasteiger partial charge is 0.258 e.